The number of hydrogen-bond acceptors (Lipinski definition) is 5. The normalized spacial score (nSPS) is 25.7. The van der Waals surface area contributed by atoms with Crippen molar-refractivity contribution in [2.24, 2.45) is 17.8 Å². The summed E-state index contributed by atoms with van der Waals surface area (Å²) in [5.41, 5.74) is 0. The molecule has 0 bridgehead atoms. The predicted octanol–water partition coefficient (Wildman–Crippen LogP) is 1.48. The monoisotopic (exact) mass is 293 g/mol. The Morgan fingerprint density at radius 1 is 1.33 bits per heavy atom. The molecule has 0 aliphatic heterocycles. The van der Waals surface area contributed by atoms with Gasteiger partial charge in [-0.3, -0.25) is 9.59 Å². The standard InChI is InChI=1S/C14H19N3O4/c1-6(2)10(13-16-11(17-21-13)7-3-4-7)15-12(18)8-5-9(8)14(19)20/h6-10H,3-5H2,1-2H3,(H,15,18)(H,19,20)/t8-,9-,10-/m0/s1. The molecule has 0 aromatic carbocycles. The molecule has 0 radical (unpaired) electrons. The highest BCUT2D eigenvalue weighted by molar-refractivity contribution is 5.89. The van der Waals surface area contributed by atoms with Gasteiger partial charge in [0.15, 0.2) is 5.82 Å². The molecule has 3 atom stereocenters. The van der Waals surface area contributed by atoms with Gasteiger partial charge in [0.25, 0.3) is 0 Å². The molecular weight excluding hydrogens is 274 g/mol. The minimum atomic E-state index is -0.912. The first-order valence-corrected chi connectivity index (χ1v) is 7.34. The van der Waals surface area contributed by atoms with Gasteiger partial charge >= 0.3 is 5.97 Å². The predicted molar refractivity (Wildman–Crippen MR) is 71.2 cm³/mol. The zero-order chi connectivity index (χ0) is 15.1. The summed E-state index contributed by atoms with van der Waals surface area (Å²) in [6, 6.07) is -0.368. The van der Waals surface area contributed by atoms with Crippen molar-refractivity contribution >= 4 is 11.9 Å². The van der Waals surface area contributed by atoms with E-state index in [2.05, 4.69) is 15.5 Å². The van der Waals surface area contributed by atoms with Crippen LogP contribution in [0.2, 0.25) is 0 Å². The van der Waals surface area contributed by atoms with Crippen molar-refractivity contribution < 1.29 is 19.2 Å². The third-order valence-corrected chi connectivity index (χ3v) is 4.07. The molecule has 2 aliphatic carbocycles. The van der Waals surface area contributed by atoms with Gasteiger partial charge in [-0.05, 0) is 25.2 Å². The molecule has 2 N–H and O–H groups in total. The molecule has 2 saturated carbocycles. The van der Waals surface area contributed by atoms with Crippen molar-refractivity contribution in [3.8, 4) is 0 Å². The van der Waals surface area contributed by atoms with Gasteiger partial charge in [-0.2, -0.15) is 4.98 Å². The minimum Gasteiger partial charge on any atom is -0.481 e. The molecule has 21 heavy (non-hydrogen) atoms. The van der Waals surface area contributed by atoms with E-state index in [1.54, 1.807) is 0 Å². The van der Waals surface area contributed by atoms with Crippen molar-refractivity contribution in [2.45, 2.75) is 45.1 Å². The average Bonchev–Trinajstić information content (AvgIpc) is 3.32. The van der Waals surface area contributed by atoms with Gasteiger partial charge < -0.3 is 14.9 Å². The van der Waals surface area contributed by atoms with Gasteiger partial charge in [-0.1, -0.05) is 19.0 Å². The molecule has 1 aromatic rings. The maximum atomic E-state index is 12.1. The van der Waals surface area contributed by atoms with Gasteiger partial charge in [0.1, 0.15) is 6.04 Å². The maximum Gasteiger partial charge on any atom is 0.307 e. The lowest BCUT2D eigenvalue weighted by Crippen LogP contribution is -2.33. The number of nitrogens with one attached hydrogen (secondary N) is 1. The summed E-state index contributed by atoms with van der Waals surface area (Å²) in [4.78, 5) is 27.3. The topological polar surface area (TPSA) is 105 Å². The number of carbonyl (C=O) groups is 2. The van der Waals surface area contributed by atoms with Gasteiger partial charge in [0.05, 0.1) is 11.8 Å². The summed E-state index contributed by atoms with van der Waals surface area (Å²) in [7, 11) is 0. The summed E-state index contributed by atoms with van der Waals surface area (Å²) in [5.74, 6) is -0.545. The van der Waals surface area contributed by atoms with Crippen LogP contribution in [0.25, 0.3) is 0 Å². The van der Waals surface area contributed by atoms with E-state index in [4.69, 9.17) is 9.63 Å². The number of aromatic nitrogens is 2. The number of nitrogens with zero attached hydrogens (tertiary/aromatic N) is 2. The molecule has 1 aromatic heterocycles. The van der Waals surface area contributed by atoms with Gasteiger partial charge in [-0.25, -0.2) is 0 Å². The van der Waals surface area contributed by atoms with Crippen LogP contribution < -0.4 is 5.32 Å². The number of rotatable bonds is 6. The van der Waals surface area contributed by atoms with Crippen LogP contribution in [0.3, 0.4) is 0 Å². The van der Waals surface area contributed by atoms with Crippen molar-refractivity contribution in [3.63, 3.8) is 0 Å². The number of aliphatic carboxylic acids is 1. The Hall–Kier alpha value is -1.92. The fourth-order valence-electron chi connectivity index (χ4n) is 2.41. The van der Waals surface area contributed by atoms with E-state index in [1.165, 1.54) is 0 Å². The highest BCUT2D eigenvalue weighted by Gasteiger charge is 2.49. The summed E-state index contributed by atoms with van der Waals surface area (Å²) < 4.78 is 5.27. The fourth-order valence-corrected chi connectivity index (χ4v) is 2.41. The Morgan fingerprint density at radius 2 is 2.05 bits per heavy atom. The second-order valence-electron chi connectivity index (χ2n) is 6.28. The zero-order valence-electron chi connectivity index (χ0n) is 12.1. The summed E-state index contributed by atoms with van der Waals surface area (Å²) >= 11 is 0. The first-order valence-electron chi connectivity index (χ1n) is 7.34. The second kappa shape index (κ2) is 5.13. The molecule has 114 valence electrons. The first kappa shape index (κ1) is 14.0. The molecule has 1 amide bonds. The van der Waals surface area contributed by atoms with E-state index in [1.807, 2.05) is 13.8 Å². The number of carbonyl (C=O) groups excluding carboxylic acids is 1. The second-order valence-corrected chi connectivity index (χ2v) is 6.28. The third kappa shape index (κ3) is 2.91. The lowest BCUT2D eigenvalue weighted by molar-refractivity contribution is -0.140. The number of hydrogen-bond donors (Lipinski definition) is 2. The molecule has 7 heteroatoms. The first-order chi connectivity index (χ1) is 9.97. The van der Waals surface area contributed by atoms with E-state index in [0.29, 0.717) is 24.1 Å². The molecule has 3 rings (SSSR count). The number of carboxylic acids is 1. The lowest BCUT2D eigenvalue weighted by Gasteiger charge is -2.18. The Kier molecular flexibility index (Phi) is 3.43. The largest absolute Gasteiger partial charge is 0.481 e. The summed E-state index contributed by atoms with van der Waals surface area (Å²) in [6.45, 7) is 3.90. The lowest BCUT2D eigenvalue weighted by atomic mass is 10.0. The minimum absolute atomic E-state index is 0.0866. The van der Waals surface area contributed by atoms with Crippen LogP contribution in [0.5, 0.6) is 0 Å². The fraction of sp³-hybridized carbons (Fsp3) is 0.714. The van der Waals surface area contributed by atoms with Crippen molar-refractivity contribution in [3.05, 3.63) is 11.7 Å². The maximum absolute atomic E-state index is 12.1. The quantitative estimate of drug-likeness (QED) is 0.823. The molecule has 2 fully saturated rings. The molecule has 0 saturated heterocycles. The number of carboxylic acid groups (broad SMARTS) is 1. The van der Waals surface area contributed by atoms with Crippen LogP contribution >= 0.6 is 0 Å². The average molecular weight is 293 g/mol. The third-order valence-electron chi connectivity index (χ3n) is 4.07. The Labute approximate surface area is 122 Å². The molecular formula is C14H19N3O4. The SMILES string of the molecule is CC(C)[C@H](NC(=O)[C@H]1C[C@@H]1C(=O)O)c1nc(C2CC2)no1. The van der Waals surface area contributed by atoms with Crippen LogP contribution in [0, 0.1) is 17.8 Å². The van der Waals surface area contributed by atoms with Crippen molar-refractivity contribution in [1.29, 1.82) is 0 Å². The molecule has 7 nitrogen and oxygen atoms in total. The van der Waals surface area contributed by atoms with E-state index in [9.17, 15) is 9.59 Å². The Balaban J connectivity index is 1.66. The smallest absolute Gasteiger partial charge is 0.307 e. The van der Waals surface area contributed by atoms with E-state index in [-0.39, 0.29) is 17.9 Å². The summed E-state index contributed by atoms with van der Waals surface area (Å²) in [5, 5.41) is 15.7. The molecule has 0 unspecified atom stereocenters. The van der Waals surface area contributed by atoms with Crippen LogP contribution in [-0.2, 0) is 9.59 Å². The van der Waals surface area contributed by atoms with E-state index >= 15 is 0 Å². The Bertz CT molecular complexity index is 564. The van der Waals surface area contributed by atoms with Crippen LogP contribution in [-0.4, -0.2) is 27.1 Å². The Morgan fingerprint density at radius 3 is 2.57 bits per heavy atom. The highest BCUT2D eigenvalue weighted by Crippen LogP contribution is 2.40. The van der Waals surface area contributed by atoms with Gasteiger partial charge in [0.2, 0.25) is 11.8 Å². The molecule has 0 spiro atoms. The number of amides is 1. The zero-order valence-corrected chi connectivity index (χ0v) is 12.1. The van der Waals surface area contributed by atoms with Crippen molar-refractivity contribution in [1.82, 2.24) is 15.5 Å². The van der Waals surface area contributed by atoms with Crippen LogP contribution in [0.15, 0.2) is 4.52 Å². The van der Waals surface area contributed by atoms with Crippen LogP contribution in [0.4, 0.5) is 0 Å². The van der Waals surface area contributed by atoms with Gasteiger partial charge in [0, 0.05) is 5.92 Å². The van der Waals surface area contributed by atoms with Crippen molar-refractivity contribution in [2.75, 3.05) is 0 Å². The highest BCUT2D eigenvalue weighted by atomic mass is 16.5. The summed E-state index contributed by atoms with van der Waals surface area (Å²) in [6.07, 6.45) is 2.57. The van der Waals surface area contributed by atoms with Gasteiger partial charge in [-0.15, -0.1) is 0 Å². The van der Waals surface area contributed by atoms with E-state index in [0.717, 1.165) is 12.8 Å². The van der Waals surface area contributed by atoms with Crippen LogP contribution in [0.1, 0.15) is 56.8 Å². The van der Waals surface area contributed by atoms with E-state index < -0.39 is 17.8 Å². The molecule has 2 aliphatic rings. The molecule has 1 heterocycles.